The van der Waals surface area contributed by atoms with Gasteiger partial charge < -0.3 is 9.13 Å². The second-order valence-electron chi connectivity index (χ2n) is 15.8. The van der Waals surface area contributed by atoms with Crippen LogP contribution in [0.15, 0.2) is 121 Å². The van der Waals surface area contributed by atoms with E-state index < -0.39 is 0 Å². The molecule has 9 aromatic rings. The maximum Gasteiger partial charge on any atom is 0.0491 e. The first-order chi connectivity index (χ1) is 28.2. The Morgan fingerprint density at radius 3 is 1.12 bits per heavy atom. The van der Waals surface area contributed by atoms with E-state index in [9.17, 15) is 0 Å². The summed E-state index contributed by atoms with van der Waals surface area (Å²) in [4.78, 5) is 8.02. The molecule has 0 saturated carbocycles. The van der Waals surface area contributed by atoms with Gasteiger partial charge in [0.2, 0.25) is 0 Å². The fourth-order valence-electron chi connectivity index (χ4n) is 8.85. The van der Waals surface area contributed by atoms with Crippen molar-refractivity contribution in [1.29, 1.82) is 0 Å². The molecule has 0 atom stereocenters. The first kappa shape index (κ1) is 38.1. The normalized spacial score (nSPS) is 12.0. The quantitative estimate of drug-likeness (QED) is 0.0765. The standard InChI is InChI=1S/C52H54N2S3/c1-3-5-7-9-11-17-33-53-43-21-15-13-19-39(43)41-35-37(23-25-45(41)53)47-27-29-49(55-47)51-31-32-52(57-51)50-30-28-48(56-50)38-24-26-46-42(36-38)40-20-14-16-22-44(40)54(46)34-18-12-10-8-6-4-2/h13-16,19-32,35-36H,3-12,17-18,33-34H2,1-2H3. The van der Waals surface area contributed by atoms with Crippen molar-refractivity contribution in [2.45, 2.75) is 104 Å². The Hall–Kier alpha value is -4.42. The third-order valence-corrected chi connectivity index (χ3v) is 15.6. The molecular formula is C52H54N2S3. The van der Waals surface area contributed by atoms with Crippen LogP contribution in [-0.4, -0.2) is 9.13 Å². The molecule has 0 amide bonds. The minimum atomic E-state index is 1.09. The molecule has 0 spiro atoms. The Bertz CT molecular complexity index is 2560. The molecule has 0 aliphatic rings. The summed E-state index contributed by atoms with van der Waals surface area (Å²) in [6, 6.07) is 46.2. The molecule has 0 bridgehead atoms. The van der Waals surface area contributed by atoms with Gasteiger partial charge in [-0.1, -0.05) is 127 Å². The maximum atomic E-state index is 2.56. The zero-order valence-electron chi connectivity index (χ0n) is 33.6. The topological polar surface area (TPSA) is 9.86 Å². The first-order valence-electron chi connectivity index (χ1n) is 21.5. The van der Waals surface area contributed by atoms with Gasteiger partial charge in [0.1, 0.15) is 0 Å². The van der Waals surface area contributed by atoms with Crippen LogP contribution in [0.1, 0.15) is 90.9 Å². The lowest BCUT2D eigenvalue weighted by atomic mass is 10.1. The molecule has 0 saturated heterocycles. The number of para-hydroxylation sites is 2. The summed E-state index contributed by atoms with van der Waals surface area (Å²) in [5.74, 6) is 0. The molecule has 290 valence electrons. The largest absolute Gasteiger partial charge is 0.340 e. The number of nitrogens with zero attached hydrogens (tertiary/aromatic N) is 2. The summed E-state index contributed by atoms with van der Waals surface area (Å²) < 4.78 is 5.12. The summed E-state index contributed by atoms with van der Waals surface area (Å²) in [7, 11) is 0. The fraction of sp³-hybridized carbons (Fsp3) is 0.308. The highest BCUT2D eigenvalue weighted by molar-refractivity contribution is 7.27. The highest BCUT2D eigenvalue weighted by Crippen LogP contribution is 2.44. The molecule has 57 heavy (non-hydrogen) atoms. The second-order valence-corrected chi connectivity index (χ2v) is 19.1. The molecule has 2 nitrogen and oxygen atoms in total. The zero-order chi connectivity index (χ0) is 38.6. The summed E-state index contributed by atoms with van der Waals surface area (Å²) in [6.07, 6.45) is 15.8. The lowest BCUT2D eigenvalue weighted by Crippen LogP contribution is -1.97. The van der Waals surface area contributed by atoms with E-state index in [1.165, 1.54) is 161 Å². The average Bonchev–Trinajstić information content (AvgIpc) is 4.10. The van der Waals surface area contributed by atoms with Gasteiger partial charge in [0.25, 0.3) is 0 Å². The van der Waals surface area contributed by atoms with Crippen LogP contribution in [0.25, 0.3) is 84.0 Å². The Morgan fingerprint density at radius 2 is 0.684 bits per heavy atom. The van der Waals surface area contributed by atoms with Crippen LogP contribution in [0.5, 0.6) is 0 Å². The minimum Gasteiger partial charge on any atom is -0.340 e. The molecule has 0 unspecified atom stereocenters. The monoisotopic (exact) mass is 802 g/mol. The molecule has 0 fully saturated rings. The second kappa shape index (κ2) is 17.6. The molecule has 4 aromatic carbocycles. The number of rotatable bonds is 18. The van der Waals surface area contributed by atoms with E-state index in [0.717, 1.165) is 13.1 Å². The van der Waals surface area contributed by atoms with Crippen molar-refractivity contribution in [2.75, 3.05) is 0 Å². The van der Waals surface area contributed by atoms with Gasteiger partial charge in [-0.2, -0.15) is 0 Å². The third-order valence-electron chi connectivity index (χ3n) is 11.9. The number of unbranched alkanes of at least 4 members (excludes halogenated alkanes) is 10. The SMILES string of the molecule is CCCCCCCCn1c2ccccc2c2cc(-c3ccc(-c4ccc(-c5ccc(-c6ccc7c(c6)c6ccccc6n7CCCCCCCC)s5)s4)s3)ccc21. The van der Waals surface area contributed by atoms with Gasteiger partial charge in [-0.3, -0.25) is 0 Å². The van der Waals surface area contributed by atoms with Crippen LogP contribution in [0.3, 0.4) is 0 Å². The molecular weight excluding hydrogens is 749 g/mol. The van der Waals surface area contributed by atoms with E-state index in [1.54, 1.807) is 0 Å². The van der Waals surface area contributed by atoms with Crippen molar-refractivity contribution < 1.29 is 0 Å². The van der Waals surface area contributed by atoms with E-state index in [0.29, 0.717) is 0 Å². The van der Waals surface area contributed by atoms with Crippen molar-refractivity contribution in [2.24, 2.45) is 0 Å². The summed E-state index contributed by atoms with van der Waals surface area (Å²) in [6.45, 7) is 6.76. The van der Waals surface area contributed by atoms with Crippen molar-refractivity contribution in [3.05, 3.63) is 121 Å². The van der Waals surface area contributed by atoms with Crippen molar-refractivity contribution >= 4 is 77.6 Å². The zero-order valence-corrected chi connectivity index (χ0v) is 36.0. The molecule has 9 rings (SSSR count). The van der Waals surface area contributed by atoms with E-state index in [2.05, 4.69) is 144 Å². The minimum absolute atomic E-state index is 1.09. The Labute approximate surface area is 350 Å². The number of thiophene rings is 3. The molecule has 5 heteroatoms. The van der Waals surface area contributed by atoms with Crippen LogP contribution in [0.2, 0.25) is 0 Å². The van der Waals surface area contributed by atoms with Crippen LogP contribution in [0.4, 0.5) is 0 Å². The van der Waals surface area contributed by atoms with Gasteiger partial charge in [0.15, 0.2) is 0 Å². The van der Waals surface area contributed by atoms with Crippen LogP contribution in [0, 0.1) is 0 Å². The lowest BCUT2D eigenvalue weighted by Gasteiger charge is -2.08. The van der Waals surface area contributed by atoms with Crippen molar-refractivity contribution in [3.63, 3.8) is 0 Å². The average molecular weight is 803 g/mol. The molecule has 5 heterocycles. The highest BCUT2D eigenvalue weighted by Gasteiger charge is 2.16. The van der Waals surface area contributed by atoms with E-state index in [-0.39, 0.29) is 0 Å². The van der Waals surface area contributed by atoms with E-state index in [4.69, 9.17) is 0 Å². The van der Waals surface area contributed by atoms with Gasteiger partial charge in [-0.05, 0) is 96.8 Å². The molecule has 0 N–H and O–H groups in total. The number of hydrogen-bond donors (Lipinski definition) is 0. The van der Waals surface area contributed by atoms with Gasteiger partial charge in [-0.25, -0.2) is 0 Å². The number of aromatic nitrogens is 2. The van der Waals surface area contributed by atoms with Gasteiger partial charge >= 0.3 is 0 Å². The Kier molecular flexibility index (Phi) is 11.8. The maximum absolute atomic E-state index is 2.56. The van der Waals surface area contributed by atoms with Gasteiger partial charge in [0, 0.05) is 86.0 Å². The number of fused-ring (bicyclic) bond motifs is 6. The fourth-order valence-corrected chi connectivity index (χ4v) is 12.0. The highest BCUT2D eigenvalue weighted by atomic mass is 32.1. The molecule has 0 aliphatic carbocycles. The van der Waals surface area contributed by atoms with Gasteiger partial charge in [-0.15, -0.1) is 34.0 Å². The number of benzene rings is 4. The van der Waals surface area contributed by atoms with Crippen molar-refractivity contribution in [1.82, 2.24) is 9.13 Å². The van der Waals surface area contributed by atoms with Crippen molar-refractivity contribution in [3.8, 4) is 40.4 Å². The summed E-state index contributed by atoms with van der Waals surface area (Å²) >= 11 is 5.74. The Morgan fingerprint density at radius 1 is 0.333 bits per heavy atom. The first-order valence-corrected chi connectivity index (χ1v) is 24.0. The van der Waals surface area contributed by atoms with Crippen LogP contribution < -0.4 is 0 Å². The predicted molar refractivity (Wildman–Crippen MR) is 255 cm³/mol. The van der Waals surface area contributed by atoms with Gasteiger partial charge in [0.05, 0.1) is 0 Å². The van der Waals surface area contributed by atoms with E-state index in [1.807, 2.05) is 34.0 Å². The smallest absolute Gasteiger partial charge is 0.0491 e. The molecule has 0 aliphatic heterocycles. The predicted octanol–water partition coefficient (Wildman–Crippen LogP) is 17.5. The molecule has 0 radical (unpaired) electrons. The van der Waals surface area contributed by atoms with Crippen LogP contribution in [-0.2, 0) is 13.1 Å². The van der Waals surface area contributed by atoms with Crippen LogP contribution >= 0.6 is 34.0 Å². The van der Waals surface area contributed by atoms with E-state index >= 15 is 0 Å². The summed E-state index contributed by atoms with van der Waals surface area (Å²) in [5, 5.41) is 5.47. The Balaban J connectivity index is 0.921. The lowest BCUT2D eigenvalue weighted by molar-refractivity contribution is 0.571. The third kappa shape index (κ3) is 7.91. The number of hydrogen-bond acceptors (Lipinski definition) is 3. The molecule has 5 aromatic heterocycles. The number of aryl methyl sites for hydroxylation is 2. The summed E-state index contributed by atoms with van der Waals surface area (Å²) in [5.41, 5.74) is 8.06.